The van der Waals surface area contributed by atoms with Gasteiger partial charge >= 0.3 is 0 Å². The summed E-state index contributed by atoms with van der Waals surface area (Å²) in [5.74, 6) is -0.134. The smallest absolute Gasteiger partial charge is 0.271 e. The fourth-order valence-electron chi connectivity index (χ4n) is 3.17. The first-order valence-electron chi connectivity index (χ1n) is 10.8. The lowest BCUT2D eigenvalue weighted by Crippen LogP contribution is -2.14. The van der Waals surface area contributed by atoms with Crippen LogP contribution in [0.4, 0.5) is 17.1 Å². The van der Waals surface area contributed by atoms with E-state index in [1.54, 1.807) is 31.2 Å². The van der Waals surface area contributed by atoms with E-state index >= 15 is 0 Å². The molecule has 1 N–H and O–H groups in total. The number of anilines is 1. The van der Waals surface area contributed by atoms with Crippen LogP contribution in [-0.4, -0.2) is 22.4 Å². The van der Waals surface area contributed by atoms with E-state index in [0.717, 1.165) is 6.07 Å². The van der Waals surface area contributed by atoms with Gasteiger partial charge < -0.3 is 14.8 Å². The van der Waals surface area contributed by atoms with E-state index in [0.29, 0.717) is 33.7 Å². The maximum Gasteiger partial charge on any atom is 0.271 e. The van der Waals surface area contributed by atoms with Crippen molar-refractivity contribution >= 4 is 56.6 Å². The Morgan fingerprint density at radius 3 is 2.34 bits per heavy atom. The van der Waals surface area contributed by atoms with Crippen LogP contribution in [-0.2, 0) is 11.4 Å². The number of amides is 1. The Labute approximate surface area is 229 Å². The summed E-state index contributed by atoms with van der Waals surface area (Å²) in [6.07, 6.45) is 1.31. The first-order valence-corrected chi connectivity index (χ1v) is 12.0. The molecule has 0 aliphatic rings. The van der Waals surface area contributed by atoms with Crippen LogP contribution in [0.2, 0.25) is 5.02 Å². The minimum absolute atomic E-state index is 0.0156. The monoisotopic (exact) mass is 600 g/mol. The van der Waals surface area contributed by atoms with Crippen molar-refractivity contribution in [1.29, 1.82) is 5.26 Å². The zero-order valence-corrected chi connectivity index (χ0v) is 22.0. The molecule has 0 saturated carbocycles. The number of non-ortho nitro benzene ring substituents is 2. The molecule has 11 nitrogen and oxygen atoms in total. The molecular formula is C25H18BrClN4O7. The number of hydrogen-bond donors (Lipinski definition) is 1. The summed E-state index contributed by atoms with van der Waals surface area (Å²) in [7, 11) is 0. The van der Waals surface area contributed by atoms with Crippen LogP contribution in [0.15, 0.2) is 64.6 Å². The van der Waals surface area contributed by atoms with Gasteiger partial charge in [-0.15, -0.1) is 0 Å². The molecule has 0 unspecified atom stereocenters. The van der Waals surface area contributed by atoms with E-state index in [9.17, 15) is 30.3 Å². The number of hydrogen-bond acceptors (Lipinski definition) is 8. The average molecular weight is 602 g/mol. The largest absolute Gasteiger partial charge is 0.490 e. The van der Waals surface area contributed by atoms with Gasteiger partial charge in [-0.2, -0.15) is 5.26 Å². The third kappa shape index (κ3) is 7.06. The van der Waals surface area contributed by atoms with Crippen molar-refractivity contribution in [2.24, 2.45) is 0 Å². The molecule has 0 saturated heterocycles. The van der Waals surface area contributed by atoms with Gasteiger partial charge in [0.25, 0.3) is 17.3 Å². The van der Waals surface area contributed by atoms with Gasteiger partial charge in [0.1, 0.15) is 18.2 Å². The third-order valence-electron chi connectivity index (χ3n) is 4.95. The molecule has 0 spiro atoms. The first-order chi connectivity index (χ1) is 18.1. The summed E-state index contributed by atoms with van der Waals surface area (Å²) in [4.78, 5) is 33.5. The summed E-state index contributed by atoms with van der Waals surface area (Å²) < 4.78 is 12.0. The highest BCUT2D eigenvalue weighted by atomic mass is 79.9. The molecule has 0 atom stereocenters. The number of nitrogens with zero attached hydrogens (tertiary/aromatic N) is 3. The molecule has 0 heterocycles. The number of nitro groups is 2. The summed E-state index contributed by atoms with van der Waals surface area (Å²) in [5.41, 5.74) is 0.504. The molecule has 0 fully saturated rings. The maximum absolute atomic E-state index is 12.7. The molecule has 3 aromatic rings. The number of nitro benzene ring substituents is 2. The first kappa shape index (κ1) is 28.1. The number of ether oxygens (including phenoxy) is 2. The number of benzene rings is 3. The van der Waals surface area contributed by atoms with E-state index in [1.165, 1.54) is 30.3 Å². The number of carbonyl (C=O) groups is 1. The molecule has 194 valence electrons. The lowest BCUT2D eigenvalue weighted by molar-refractivity contribution is -0.385. The fraction of sp³-hybridized carbons (Fsp3) is 0.120. The summed E-state index contributed by atoms with van der Waals surface area (Å²) in [6, 6.07) is 14.5. The standard InChI is InChI=1S/C25H18BrClN4O7/c1-2-37-23-11-16(10-20(26)24(23)38-14-15-3-5-18(6-4-15)30(33)34)9-17(13-28)25(32)29-22-12-19(31(35)36)7-8-21(22)27/h3-12H,2,14H2,1H3,(H,29,32)/b17-9+. The van der Waals surface area contributed by atoms with Crippen molar-refractivity contribution in [3.63, 3.8) is 0 Å². The van der Waals surface area contributed by atoms with Gasteiger partial charge in [-0.3, -0.25) is 25.0 Å². The van der Waals surface area contributed by atoms with Crippen molar-refractivity contribution in [1.82, 2.24) is 0 Å². The summed E-state index contributed by atoms with van der Waals surface area (Å²) in [5, 5.41) is 33.9. The lowest BCUT2D eigenvalue weighted by atomic mass is 10.1. The van der Waals surface area contributed by atoms with Gasteiger partial charge in [-0.25, -0.2) is 0 Å². The third-order valence-corrected chi connectivity index (χ3v) is 5.87. The second-order valence-corrected chi connectivity index (χ2v) is 8.78. The van der Waals surface area contributed by atoms with E-state index in [2.05, 4.69) is 21.2 Å². The highest BCUT2D eigenvalue weighted by Crippen LogP contribution is 2.38. The molecule has 0 aliphatic heterocycles. The molecule has 0 radical (unpaired) electrons. The topological polar surface area (TPSA) is 158 Å². The van der Waals surface area contributed by atoms with E-state index in [1.807, 2.05) is 6.07 Å². The SMILES string of the molecule is CCOc1cc(/C=C(\C#N)C(=O)Nc2cc([N+](=O)[O-])ccc2Cl)cc(Br)c1OCc1ccc([N+](=O)[O-])cc1. The van der Waals surface area contributed by atoms with Gasteiger partial charge in [0.05, 0.1) is 31.6 Å². The van der Waals surface area contributed by atoms with Crippen molar-refractivity contribution in [3.8, 4) is 17.6 Å². The fourth-order valence-corrected chi connectivity index (χ4v) is 3.91. The van der Waals surface area contributed by atoms with Crippen LogP contribution in [0, 0.1) is 31.6 Å². The Balaban J connectivity index is 1.85. The van der Waals surface area contributed by atoms with E-state index in [4.69, 9.17) is 21.1 Å². The Kier molecular flexibility index (Phi) is 9.37. The molecule has 3 rings (SSSR count). The molecule has 38 heavy (non-hydrogen) atoms. The molecule has 1 amide bonds. The zero-order valence-electron chi connectivity index (χ0n) is 19.6. The number of rotatable bonds is 10. The lowest BCUT2D eigenvalue weighted by Gasteiger charge is -2.15. The van der Waals surface area contributed by atoms with Crippen LogP contribution in [0.3, 0.4) is 0 Å². The van der Waals surface area contributed by atoms with Crippen LogP contribution in [0.5, 0.6) is 11.5 Å². The predicted molar refractivity (Wildman–Crippen MR) is 143 cm³/mol. The van der Waals surface area contributed by atoms with Crippen LogP contribution in [0.1, 0.15) is 18.1 Å². The quantitative estimate of drug-likeness (QED) is 0.120. The van der Waals surface area contributed by atoms with Gasteiger partial charge in [0.2, 0.25) is 0 Å². The normalized spacial score (nSPS) is 10.8. The van der Waals surface area contributed by atoms with Gasteiger partial charge in [0.15, 0.2) is 11.5 Å². The Bertz CT molecular complexity index is 1470. The van der Waals surface area contributed by atoms with Gasteiger partial charge in [0, 0.05) is 24.3 Å². The van der Waals surface area contributed by atoms with Crippen molar-refractivity contribution in [2.45, 2.75) is 13.5 Å². The van der Waals surface area contributed by atoms with Crippen molar-refractivity contribution < 1.29 is 24.1 Å². The summed E-state index contributed by atoms with van der Waals surface area (Å²) in [6.45, 7) is 2.17. The summed E-state index contributed by atoms with van der Waals surface area (Å²) >= 11 is 9.45. The molecule has 3 aromatic carbocycles. The van der Waals surface area contributed by atoms with Gasteiger partial charge in [-0.1, -0.05) is 11.6 Å². The van der Waals surface area contributed by atoms with Crippen molar-refractivity contribution in [3.05, 3.63) is 101 Å². The van der Waals surface area contributed by atoms with Crippen molar-refractivity contribution in [2.75, 3.05) is 11.9 Å². The Hall–Kier alpha value is -4.47. The van der Waals surface area contributed by atoms with Crippen LogP contribution < -0.4 is 14.8 Å². The maximum atomic E-state index is 12.7. The molecule has 0 bridgehead atoms. The van der Waals surface area contributed by atoms with Crippen LogP contribution >= 0.6 is 27.5 Å². The Morgan fingerprint density at radius 2 is 1.74 bits per heavy atom. The zero-order chi connectivity index (χ0) is 27.8. The molecule has 0 aliphatic carbocycles. The highest BCUT2D eigenvalue weighted by molar-refractivity contribution is 9.10. The average Bonchev–Trinajstić information content (AvgIpc) is 2.88. The van der Waals surface area contributed by atoms with E-state index < -0.39 is 15.8 Å². The number of halogens is 2. The van der Waals surface area contributed by atoms with E-state index in [-0.39, 0.29) is 34.3 Å². The molecule has 13 heteroatoms. The molecular weight excluding hydrogens is 584 g/mol. The van der Waals surface area contributed by atoms with Crippen LogP contribution in [0.25, 0.3) is 6.08 Å². The minimum atomic E-state index is -0.817. The highest BCUT2D eigenvalue weighted by Gasteiger charge is 2.17. The molecule has 0 aromatic heterocycles. The minimum Gasteiger partial charge on any atom is -0.490 e. The number of nitrogens with one attached hydrogen (secondary N) is 1. The second kappa shape index (κ2) is 12.7. The second-order valence-electron chi connectivity index (χ2n) is 7.52. The number of nitriles is 1. The predicted octanol–water partition coefficient (Wildman–Crippen LogP) is 6.44. The Morgan fingerprint density at radius 1 is 1.08 bits per heavy atom. The number of carbonyl (C=O) groups excluding carboxylic acids is 1. The van der Waals surface area contributed by atoms with Gasteiger partial charge in [-0.05, 0) is 70.4 Å².